The number of nitrogens with zero attached hydrogens (tertiary/aromatic N) is 2. The summed E-state index contributed by atoms with van der Waals surface area (Å²) in [7, 11) is 0. The van der Waals surface area contributed by atoms with Crippen molar-refractivity contribution in [2.75, 3.05) is 0 Å². The van der Waals surface area contributed by atoms with Crippen LogP contribution in [0.2, 0.25) is 0 Å². The van der Waals surface area contributed by atoms with Crippen molar-refractivity contribution >= 4 is 11.0 Å². The first-order valence-corrected chi connectivity index (χ1v) is 3.35. The van der Waals surface area contributed by atoms with Gasteiger partial charge in [-0.3, -0.25) is 0 Å². The van der Waals surface area contributed by atoms with Crippen molar-refractivity contribution in [3.63, 3.8) is 0 Å². The van der Waals surface area contributed by atoms with Crippen molar-refractivity contribution in [1.82, 2.24) is 9.97 Å². The maximum Gasteiger partial charge on any atom is 0.150 e. The highest BCUT2D eigenvalue weighted by Crippen LogP contribution is 2.14. The largest absolute Gasteiger partial charge is 0.343 e. The molecule has 0 amide bonds. The number of fused-ring (bicyclic) bond motifs is 1. The Balaban J connectivity index is 2.80. The minimum atomic E-state index is -0.345. The third kappa shape index (κ3) is 0.839. The Morgan fingerprint density at radius 2 is 2.33 bits per heavy atom. The van der Waals surface area contributed by atoms with Gasteiger partial charge in [-0.25, -0.2) is 9.37 Å². The Morgan fingerprint density at radius 3 is 3.08 bits per heavy atom. The van der Waals surface area contributed by atoms with E-state index in [4.69, 9.17) is 5.26 Å². The van der Waals surface area contributed by atoms with Gasteiger partial charge in [-0.1, -0.05) is 0 Å². The van der Waals surface area contributed by atoms with E-state index in [0.29, 0.717) is 11.0 Å². The highest BCUT2D eigenvalue weighted by atomic mass is 19.1. The van der Waals surface area contributed by atoms with Crippen molar-refractivity contribution in [3.05, 3.63) is 29.8 Å². The molecule has 58 valence electrons. The molecule has 2 rings (SSSR count). The number of aromatic nitrogens is 2. The van der Waals surface area contributed by atoms with Crippen LogP contribution < -0.4 is 0 Å². The fraction of sp³-hybridized carbons (Fsp3) is 0. The minimum Gasteiger partial charge on any atom is -0.343 e. The standard InChI is InChI=1S/C8H4FN3/c9-7-4-11-8-6(7)2-1-5(3-10)12-8/h1-2,4H,(H,11,12). The molecule has 4 heteroatoms. The van der Waals surface area contributed by atoms with Crippen molar-refractivity contribution in [1.29, 1.82) is 5.26 Å². The zero-order valence-electron chi connectivity index (χ0n) is 6.00. The first-order chi connectivity index (χ1) is 5.81. The lowest BCUT2D eigenvalue weighted by Crippen LogP contribution is -1.82. The molecule has 2 heterocycles. The van der Waals surface area contributed by atoms with Crippen LogP contribution in [-0.2, 0) is 0 Å². The summed E-state index contributed by atoms with van der Waals surface area (Å²) < 4.78 is 12.8. The van der Waals surface area contributed by atoms with Gasteiger partial charge in [0.25, 0.3) is 0 Å². The van der Waals surface area contributed by atoms with Crippen LogP contribution in [0.3, 0.4) is 0 Å². The monoisotopic (exact) mass is 161 g/mol. The predicted molar refractivity (Wildman–Crippen MR) is 40.8 cm³/mol. The highest BCUT2D eigenvalue weighted by Gasteiger charge is 2.03. The first-order valence-electron chi connectivity index (χ1n) is 3.35. The fourth-order valence-corrected chi connectivity index (χ4v) is 1.03. The number of hydrogen-bond donors (Lipinski definition) is 1. The maximum absolute atomic E-state index is 12.8. The Hall–Kier alpha value is -1.89. The van der Waals surface area contributed by atoms with Crippen LogP contribution in [0.1, 0.15) is 5.69 Å². The van der Waals surface area contributed by atoms with Gasteiger partial charge in [0.15, 0.2) is 0 Å². The second-order valence-electron chi connectivity index (χ2n) is 2.34. The van der Waals surface area contributed by atoms with Crippen molar-refractivity contribution in [2.45, 2.75) is 0 Å². The zero-order chi connectivity index (χ0) is 8.55. The molecule has 2 aromatic heterocycles. The summed E-state index contributed by atoms with van der Waals surface area (Å²) in [5, 5.41) is 8.89. The first kappa shape index (κ1) is 6.80. The number of hydrogen-bond acceptors (Lipinski definition) is 2. The molecule has 0 atom stereocenters. The second-order valence-corrected chi connectivity index (χ2v) is 2.34. The molecule has 0 aliphatic rings. The molecular weight excluding hydrogens is 157 g/mol. The summed E-state index contributed by atoms with van der Waals surface area (Å²) in [5.74, 6) is -0.345. The highest BCUT2D eigenvalue weighted by molar-refractivity contribution is 5.76. The Morgan fingerprint density at radius 1 is 1.50 bits per heavy atom. The van der Waals surface area contributed by atoms with Crippen LogP contribution in [0.25, 0.3) is 11.0 Å². The summed E-state index contributed by atoms with van der Waals surface area (Å²) in [6.45, 7) is 0. The summed E-state index contributed by atoms with van der Waals surface area (Å²) in [6.07, 6.45) is 1.22. The van der Waals surface area contributed by atoms with E-state index in [2.05, 4.69) is 9.97 Å². The number of aromatic amines is 1. The Bertz CT molecular complexity index is 467. The molecule has 2 aromatic rings. The lowest BCUT2D eigenvalue weighted by Gasteiger charge is -1.88. The second kappa shape index (κ2) is 2.31. The topological polar surface area (TPSA) is 52.5 Å². The summed E-state index contributed by atoms with van der Waals surface area (Å²) >= 11 is 0. The van der Waals surface area contributed by atoms with Crippen molar-refractivity contribution in [2.24, 2.45) is 0 Å². The van der Waals surface area contributed by atoms with Gasteiger partial charge >= 0.3 is 0 Å². The average molecular weight is 161 g/mol. The summed E-state index contributed by atoms with van der Waals surface area (Å²) in [5.41, 5.74) is 0.691. The lowest BCUT2D eigenvalue weighted by molar-refractivity contribution is 0.639. The fourth-order valence-electron chi connectivity index (χ4n) is 1.03. The molecule has 0 unspecified atom stereocenters. The number of nitriles is 1. The van der Waals surface area contributed by atoms with Gasteiger partial charge in [0.2, 0.25) is 0 Å². The molecular formula is C8H4FN3. The molecule has 1 N–H and O–H groups in total. The van der Waals surface area contributed by atoms with Gasteiger partial charge in [0.1, 0.15) is 23.2 Å². The van der Waals surface area contributed by atoms with Gasteiger partial charge in [-0.15, -0.1) is 0 Å². The summed E-state index contributed by atoms with van der Waals surface area (Å²) in [4.78, 5) is 6.48. The van der Waals surface area contributed by atoms with E-state index in [1.807, 2.05) is 6.07 Å². The molecule has 0 radical (unpaired) electrons. The smallest absolute Gasteiger partial charge is 0.150 e. The van der Waals surface area contributed by atoms with Crippen LogP contribution >= 0.6 is 0 Å². The number of nitrogens with one attached hydrogen (secondary N) is 1. The van der Waals surface area contributed by atoms with Crippen LogP contribution in [0, 0.1) is 17.1 Å². The molecule has 0 fully saturated rings. The maximum atomic E-state index is 12.8. The molecule has 12 heavy (non-hydrogen) atoms. The van der Waals surface area contributed by atoms with Crippen LogP contribution in [0.5, 0.6) is 0 Å². The molecule has 0 bridgehead atoms. The minimum absolute atomic E-state index is 0.282. The molecule has 0 saturated heterocycles. The van der Waals surface area contributed by atoms with E-state index in [1.54, 1.807) is 0 Å². The molecule has 3 nitrogen and oxygen atoms in total. The van der Waals surface area contributed by atoms with E-state index in [1.165, 1.54) is 18.3 Å². The molecule has 0 aromatic carbocycles. The Kier molecular flexibility index (Phi) is 1.31. The quantitative estimate of drug-likeness (QED) is 0.637. The third-order valence-corrected chi connectivity index (χ3v) is 1.60. The molecule has 0 saturated carbocycles. The summed E-state index contributed by atoms with van der Waals surface area (Å²) in [6, 6.07) is 4.89. The predicted octanol–water partition coefficient (Wildman–Crippen LogP) is 1.57. The normalized spacial score (nSPS) is 10.0. The van der Waals surface area contributed by atoms with Crippen molar-refractivity contribution in [3.8, 4) is 6.07 Å². The van der Waals surface area contributed by atoms with Gasteiger partial charge in [0.05, 0.1) is 5.39 Å². The molecule has 0 aliphatic carbocycles. The lowest BCUT2D eigenvalue weighted by atomic mass is 10.3. The number of halogens is 1. The zero-order valence-corrected chi connectivity index (χ0v) is 6.00. The van der Waals surface area contributed by atoms with E-state index < -0.39 is 0 Å². The number of pyridine rings is 1. The third-order valence-electron chi connectivity index (χ3n) is 1.60. The van der Waals surface area contributed by atoms with E-state index in [-0.39, 0.29) is 11.5 Å². The van der Waals surface area contributed by atoms with Gasteiger partial charge < -0.3 is 4.98 Å². The van der Waals surface area contributed by atoms with Crippen molar-refractivity contribution < 1.29 is 4.39 Å². The van der Waals surface area contributed by atoms with E-state index in [9.17, 15) is 4.39 Å². The van der Waals surface area contributed by atoms with Crippen LogP contribution in [0.15, 0.2) is 18.3 Å². The van der Waals surface area contributed by atoms with E-state index >= 15 is 0 Å². The van der Waals surface area contributed by atoms with Gasteiger partial charge in [-0.2, -0.15) is 5.26 Å². The van der Waals surface area contributed by atoms with Crippen LogP contribution in [0.4, 0.5) is 4.39 Å². The van der Waals surface area contributed by atoms with Gasteiger partial charge in [0, 0.05) is 6.20 Å². The molecule has 0 aliphatic heterocycles. The number of rotatable bonds is 0. The van der Waals surface area contributed by atoms with Gasteiger partial charge in [-0.05, 0) is 12.1 Å². The average Bonchev–Trinajstić information content (AvgIpc) is 2.47. The SMILES string of the molecule is N#Cc1ccc2c(F)c[nH]c2n1. The Labute approximate surface area is 67.5 Å². The number of H-pyrrole nitrogens is 1. The molecule has 0 spiro atoms. The van der Waals surface area contributed by atoms with Crippen LogP contribution in [-0.4, -0.2) is 9.97 Å². The van der Waals surface area contributed by atoms with E-state index in [0.717, 1.165) is 0 Å².